The summed E-state index contributed by atoms with van der Waals surface area (Å²) in [6.07, 6.45) is 0. The van der Waals surface area contributed by atoms with Gasteiger partial charge in [0.05, 0.1) is 30.9 Å². The second kappa shape index (κ2) is 10.5. The van der Waals surface area contributed by atoms with Crippen molar-refractivity contribution in [3.8, 4) is 5.75 Å². The molecule has 0 aliphatic carbocycles. The minimum atomic E-state index is -0.139. The number of nitrogens with zero attached hydrogens (tertiary/aromatic N) is 3. The fraction of sp³-hybridized carbons (Fsp3) is 0.421. The molecule has 1 aromatic carbocycles. The number of hydrogen-bond donors (Lipinski definition) is 2. The number of aryl methyl sites for hydroxylation is 1. The van der Waals surface area contributed by atoms with E-state index in [1.165, 1.54) is 0 Å². The fourth-order valence-corrected chi connectivity index (χ4v) is 3.07. The number of aromatic nitrogens is 1. The van der Waals surface area contributed by atoms with E-state index in [4.69, 9.17) is 4.74 Å². The quantitative estimate of drug-likeness (QED) is 0.411. The third-order valence-electron chi connectivity index (χ3n) is 3.75. The molecule has 0 fully saturated rings. The molecule has 0 aliphatic rings. The predicted octanol–water partition coefficient (Wildman–Crippen LogP) is 2.29. The molecule has 0 radical (unpaired) electrons. The molecule has 2 N–H and O–H groups in total. The van der Waals surface area contributed by atoms with Gasteiger partial charge in [0.15, 0.2) is 5.96 Å². The molecule has 0 spiro atoms. The number of guanidine groups is 1. The molecule has 27 heavy (non-hydrogen) atoms. The van der Waals surface area contributed by atoms with Crippen molar-refractivity contribution in [2.24, 2.45) is 4.99 Å². The van der Waals surface area contributed by atoms with Gasteiger partial charge in [-0.15, -0.1) is 11.3 Å². The second-order valence-corrected chi connectivity index (χ2v) is 7.00. The molecular formula is C19H27N5O2S. The van der Waals surface area contributed by atoms with Crippen LogP contribution >= 0.6 is 11.3 Å². The van der Waals surface area contributed by atoms with Gasteiger partial charge in [0.1, 0.15) is 5.75 Å². The first-order chi connectivity index (χ1) is 13.0. The molecule has 0 bridgehead atoms. The van der Waals surface area contributed by atoms with Gasteiger partial charge in [-0.3, -0.25) is 9.79 Å². The van der Waals surface area contributed by atoms with Crippen molar-refractivity contribution in [2.45, 2.75) is 20.4 Å². The van der Waals surface area contributed by atoms with E-state index in [-0.39, 0.29) is 5.91 Å². The molecule has 2 aromatic rings. The lowest BCUT2D eigenvalue weighted by Gasteiger charge is -2.21. The highest BCUT2D eigenvalue weighted by Gasteiger charge is 2.09. The van der Waals surface area contributed by atoms with Crippen LogP contribution in [-0.2, 0) is 6.54 Å². The van der Waals surface area contributed by atoms with Crippen LogP contribution in [0.2, 0.25) is 0 Å². The summed E-state index contributed by atoms with van der Waals surface area (Å²) in [5, 5.41) is 9.26. The molecule has 0 unspecified atom stereocenters. The fourth-order valence-electron chi connectivity index (χ4n) is 2.47. The molecule has 8 heteroatoms. The molecule has 146 valence electrons. The Hall–Kier alpha value is -2.61. The Labute approximate surface area is 164 Å². The smallest absolute Gasteiger partial charge is 0.251 e. The predicted molar refractivity (Wildman–Crippen MR) is 110 cm³/mol. The van der Waals surface area contributed by atoms with Crippen molar-refractivity contribution in [1.82, 2.24) is 20.5 Å². The maximum atomic E-state index is 12.2. The maximum absolute atomic E-state index is 12.2. The summed E-state index contributed by atoms with van der Waals surface area (Å²) < 4.78 is 5.15. The van der Waals surface area contributed by atoms with Gasteiger partial charge in [-0.25, -0.2) is 4.98 Å². The van der Waals surface area contributed by atoms with Crippen LogP contribution in [-0.4, -0.2) is 55.5 Å². The van der Waals surface area contributed by atoms with Crippen molar-refractivity contribution in [2.75, 3.05) is 33.8 Å². The zero-order valence-electron chi connectivity index (χ0n) is 16.3. The number of rotatable bonds is 8. The molecule has 0 atom stereocenters. The van der Waals surface area contributed by atoms with E-state index >= 15 is 0 Å². The van der Waals surface area contributed by atoms with E-state index in [0.717, 1.165) is 23.2 Å². The van der Waals surface area contributed by atoms with Crippen molar-refractivity contribution in [3.63, 3.8) is 0 Å². The van der Waals surface area contributed by atoms with E-state index in [9.17, 15) is 4.79 Å². The van der Waals surface area contributed by atoms with Crippen LogP contribution in [0.3, 0.4) is 0 Å². The molecule has 7 nitrogen and oxygen atoms in total. The second-order valence-electron chi connectivity index (χ2n) is 5.94. The summed E-state index contributed by atoms with van der Waals surface area (Å²) in [4.78, 5) is 23.3. The Bertz CT molecular complexity index is 775. The first-order valence-corrected chi connectivity index (χ1v) is 9.74. The van der Waals surface area contributed by atoms with E-state index in [0.29, 0.717) is 30.9 Å². The van der Waals surface area contributed by atoms with Crippen LogP contribution in [0.25, 0.3) is 0 Å². The number of carbonyl (C=O) groups excluding carboxylic acids is 1. The molecule has 0 saturated carbocycles. The van der Waals surface area contributed by atoms with Crippen LogP contribution in [0.1, 0.15) is 28.0 Å². The lowest BCUT2D eigenvalue weighted by molar-refractivity contribution is 0.0954. The van der Waals surface area contributed by atoms with Gasteiger partial charge in [0.25, 0.3) is 5.91 Å². The lowest BCUT2D eigenvalue weighted by atomic mass is 10.2. The molecule has 1 aromatic heterocycles. The van der Waals surface area contributed by atoms with Crippen LogP contribution in [0.5, 0.6) is 5.75 Å². The Morgan fingerprint density at radius 1 is 1.37 bits per heavy atom. The number of methoxy groups -OCH3 is 1. The van der Waals surface area contributed by atoms with Crippen LogP contribution in [0.15, 0.2) is 34.6 Å². The van der Waals surface area contributed by atoms with E-state index in [1.54, 1.807) is 36.6 Å². The number of thiazole rings is 1. The zero-order valence-corrected chi connectivity index (χ0v) is 17.1. The van der Waals surface area contributed by atoms with Gasteiger partial charge >= 0.3 is 0 Å². The molecule has 0 saturated heterocycles. The summed E-state index contributed by atoms with van der Waals surface area (Å²) >= 11 is 1.64. The number of benzene rings is 1. The topological polar surface area (TPSA) is 78.8 Å². The van der Waals surface area contributed by atoms with Gasteiger partial charge in [0.2, 0.25) is 0 Å². The lowest BCUT2D eigenvalue weighted by Crippen LogP contribution is -2.39. The average molecular weight is 390 g/mol. The van der Waals surface area contributed by atoms with Crippen LogP contribution in [0, 0.1) is 6.92 Å². The standard InChI is InChI=1S/C19H27N5O2S/c1-5-20-19(24(3)12-16-13-27-14(2)23-16)22-10-9-21-18(25)15-7-6-8-17(11-15)26-4/h6-8,11,13H,5,9-10,12H2,1-4H3,(H,20,22)(H,21,25). The largest absolute Gasteiger partial charge is 0.497 e. The minimum absolute atomic E-state index is 0.139. The summed E-state index contributed by atoms with van der Waals surface area (Å²) in [7, 11) is 3.56. The van der Waals surface area contributed by atoms with Crippen molar-refractivity contribution >= 4 is 23.2 Å². The maximum Gasteiger partial charge on any atom is 0.251 e. The molecule has 2 rings (SSSR count). The van der Waals surface area contributed by atoms with E-state index < -0.39 is 0 Å². The molecule has 1 amide bonds. The van der Waals surface area contributed by atoms with Crippen molar-refractivity contribution < 1.29 is 9.53 Å². The normalized spacial score (nSPS) is 11.2. The molecular weight excluding hydrogens is 362 g/mol. The summed E-state index contributed by atoms with van der Waals surface area (Å²) in [5.41, 5.74) is 1.60. The SMILES string of the molecule is CCNC(=NCCNC(=O)c1cccc(OC)c1)N(C)Cc1csc(C)n1. The number of ether oxygens (including phenoxy) is 1. The summed E-state index contributed by atoms with van der Waals surface area (Å²) in [5.74, 6) is 1.31. The summed E-state index contributed by atoms with van der Waals surface area (Å²) in [6.45, 7) is 6.42. The van der Waals surface area contributed by atoms with Crippen molar-refractivity contribution in [1.29, 1.82) is 0 Å². The molecule has 1 heterocycles. The number of amides is 1. The van der Waals surface area contributed by atoms with Crippen LogP contribution < -0.4 is 15.4 Å². The average Bonchev–Trinajstić information content (AvgIpc) is 3.08. The highest BCUT2D eigenvalue weighted by atomic mass is 32.1. The van der Waals surface area contributed by atoms with Gasteiger partial charge in [-0.05, 0) is 32.0 Å². The van der Waals surface area contributed by atoms with Crippen LogP contribution in [0.4, 0.5) is 0 Å². The Morgan fingerprint density at radius 2 is 2.19 bits per heavy atom. The van der Waals surface area contributed by atoms with E-state index in [2.05, 4.69) is 26.0 Å². The monoisotopic (exact) mass is 389 g/mol. The molecule has 0 aliphatic heterocycles. The van der Waals surface area contributed by atoms with E-state index in [1.807, 2.05) is 31.9 Å². The minimum Gasteiger partial charge on any atom is -0.497 e. The van der Waals surface area contributed by atoms with Gasteiger partial charge in [-0.1, -0.05) is 6.07 Å². The van der Waals surface area contributed by atoms with Gasteiger partial charge < -0.3 is 20.3 Å². The van der Waals surface area contributed by atoms with Gasteiger partial charge in [0, 0.05) is 31.1 Å². The number of hydrogen-bond acceptors (Lipinski definition) is 5. The Kier molecular flexibility index (Phi) is 8.06. The highest BCUT2D eigenvalue weighted by Crippen LogP contribution is 2.12. The Morgan fingerprint density at radius 3 is 2.85 bits per heavy atom. The third-order valence-corrected chi connectivity index (χ3v) is 4.58. The highest BCUT2D eigenvalue weighted by molar-refractivity contribution is 7.09. The Balaban J connectivity index is 1.87. The zero-order chi connectivity index (χ0) is 19.6. The first-order valence-electron chi connectivity index (χ1n) is 8.86. The first kappa shape index (κ1) is 20.7. The third kappa shape index (κ3) is 6.56. The number of carbonyl (C=O) groups is 1. The van der Waals surface area contributed by atoms with Gasteiger partial charge in [-0.2, -0.15) is 0 Å². The van der Waals surface area contributed by atoms with Crippen molar-refractivity contribution in [3.05, 3.63) is 45.9 Å². The number of nitrogens with one attached hydrogen (secondary N) is 2. The number of aliphatic imine (C=N–C) groups is 1. The summed E-state index contributed by atoms with van der Waals surface area (Å²) in [6, 6.07) is 7.08.